The number of hydrogen-bond donors (Lipinski definition) is 1. The van der Waals surface area contributed by atoms with Crippen molar-refractivity contribution in [1.29, 1.82) is 0 Å². The summed E-state index contributed by atoms with van der Waals surface area (Å²) in [7, 11) is 5.94. The summed E-state index contributed by atoms with van der Waals surface area (Å²) in [6, 6.07) is 0. The van der Waals surface area contributed by atoms with Crippen LogP contribution in [0.5, 0.6) is 0 Å². The van der Waals surface area contributed by atoms with Crippen LogP contribution in [0, 0.1) is 69.9 Å². The monoisotopic (exact) mass is 907 g/mol. The van der Waals surface area contributed by atoms with Gasteiger partial charge in [-0.1, -0.05) is 122 Å². The third-order valence-corrected chi connectivity index (χ3v) is 14.7. The Bertz CT molecular complexity index is 2490. The fourth-order valence-corrected chi connectivity index (χ4v) is 10.6. The zero-order valence-corrected chi connectivity index (χ0v) is 43.3. The minimum absolute atomic E-state index is 0. The van der Waals surface area contributed by atoms with Gasteiger partial charge in [0.15, 0.2) is 5.78 Å². The number of ketones is 1. The van der Waals surface area contributed by atoms with Crippen molar-refractivity contribution >= 4 is 70.7 Å². The molecule has 3 aromatic heterocycles. The molecule has 1 saturated heterocycles. The molecular formula is C56H74MgN4O5-2. The van der Waals surface area contributed by atoms with Crippen LogP contribution < -0.4 is 30.6 Å². The third kappa shape index (κ3) is 11.4. The molecule has 0 amide bonds. The summed E-state index contributed by atoms with van der Waals surface area (Å²) in [5, 5.41) is 1.56. The van der Waals surface area contributed by atoms with Crippen molar-refractivity contribution in [3.63, 3.8) is 0 Å². The second kappa shape index (κ2) is 23.3. The summed E-state index contributed by atoms with van der Waals surface area (Å²) in [6.45, 7) is 28.1. The number of methoxy groups -OCH3 is 1. The number of nitrogens with zero attached hydrogens (tertiary/aromatic N) is 3. The van der Waals surface area contributed by atoms with Gasteiger partial charge in [-0.05, 0) is 76.4 Å². The number of quaternary nitrogens is 1. The maximum atomic E-state index is 14.5. The first-order valence-electron chi connectivity index (χ1n) is 24.3. The molecule has 3 aliphatic rings. The largest absolute Gasteiger partial charge is 2.00 e. The van der Waals surface area contributed by atoms with E-state index in [0.29, 0.717) is 45.3 Å². The summed E-state index contributed by atoms with van der Waals surface area (Å²) in [6.07, 6.45) is 22.2. The summed E-state index contributed by atoms with van der Waals surface area (Å²) in [5.41, 5.74) is 10.9. The van der Waals surface area contributed by atoms with Gasteiger partial charge in [0.1, 0.15) is 12.5 Å². The van der Waals surface area contributed by atoms with E-state index in [9.17, 15) is 14.4 Å². The molecule has 5 heterocycles. The van der Waals surface area contributed by atoms with Gasteiger partial charge < -0.3 is 29.3 Å². The average Bonchev–Trinajstić information content (AvgIpc) is 3.98. The van der Waals surface area contributed by atoms with Gasteiger partial charge >= 0.3 is 35.0 Å². The predicted molar refractivity (Wildman–Crippen MR) is 266 cm³/mol. The van der Waals surface area contributed by atoms with Crippen LogP contribution in [-0.4, -0.2) is 54.5 Å². The Balaban J connectivity index is 0.00000817. The first-order chi connectivity index (χ1) is 31.0. The Morgan fingerprint density at radius 2 is 1.50 bits per heavy atom. The van der Waals surface area contributed by atoms with E-state index in [-0.39, 0.29) is 59.7 Å². The van der Waals surface area contributed by atoms with Crippen LogP contribution in [0.1, 0.15) is 180 Å². The van der Waals surface area contributed by atoms with Crippen LogP contribution >= 0.6 is 0 Å². The number of esters is 2. The number of fused-ring (bicyclic) bond motifs is 7. The van der Waals surface area contributed by atoms with Crippen molar-refractivity contribution < 1.29 is 28.8 Å². The second-order valence-electron chi connectivity index (χ2n) is 19.8. The predicted octanol–water partition coefficient (Wildman–Crippen LogP) is 8.47. The molecule has 352 valence electrons. The van der Waals surface area contributed by atoms with Gasteiger partial charge in [-0.25, -0.2) is 11.8 Å². The van der Waals surface area contributed by atoms with Crippen molar-refractivity contribution in [2.75, 3.05) is 13.7 Å². The molecule has 1 fully saturated rings. The van der Waals surface area contributed by atoms with Crippen molar-refractivity contribution in [1.82, 2.24) is 15.0 Å². The van der Waals surface area contributed by atoms with Crippen LogP contribution in [0.2, 0.25) is 0 Å². The van der Waals surface area contributed by atoms with Crippen molar-refractivity contribution in [3.8, 4) is 0 Å². The molecule has 9 nitrogen and oxygen atoms in total. The van der Waals surface area contributed by atoms with Gasteiger partial charge in [0.2, 0.25) is 0 Å². The smallest absolute Gasteiger partial charge is 0.674 e. The Morgan fingerprint density at radius 1 is 0.864 bits per heavy atom. The first kappa shape index (κ1) is 52.8. The molecule has 1 aliphatic carbocycles. The van der Waals surface area contributed by atoms with Crippen LogP contribution in [-0.2, 0) is 25.5 Å². The molecule has 3 aromatic rings. The quantitative estimate of drug-likeness (QED) is 0.0395. The molecule has 0 aromatic carbocycles. The molecule has 10 heteroatoms. The Labute approximate surface area is 411 Å². The number of nitrogens with one attached hydrogen (secondary N) is 1. The van der Waals surface area contributed by atoms with Crippen LogP contribution in [0.3, 0.4) is 0 Å². The minimum atomic E-state index is -1.21. The van der Waals surface area contributed by atoms with E-state index in [4.69, 9.17) is 31.0 Å². The number of aromatic nitrogens is 3. The summed E-state index contributed by atoms with van der Waals surface area (Å²) < 4.78 is 11.1. The standard InChI is InChI=1S/C56H75N4O5.Mg/c1-14-40-36(8)43-29-46-41(15-2)37(9)45(58-46)31-48-38(10)42(25-26-49(61)65-28-27-35(7)24-18-23-34(6)22-17-21-33(5)20-16-19-32(3)4)54(60(48)12)51-52(56(63)64-13)55(62)50-39(11)44(59-53(50)51)30-47(40)57-43;/h2,15,27,29-34,38,42,52,60H,12,14,16-26,28H2,1,3-11,13H3,(H,59,62);/q-3;+2/p-1/b35-27+,43-29-,47-30-,48-31-,54-51-;/t33-,34-,38+,42+,52-;/m1./s1. The zero-order valence-electron chi connectivity index (χ0n) is 41.9. The number of hydrogen-bond acceptors (Lipinski definition) is 5. The van der Waals surface area contributed by atoms with E-state index in [0.717, 1.165) is 86.8 Å². The average molecular weight is 908 g/mol. The number of allylic oxidation sites excluding steroid dienone is 3. The molecule has 0 radical (unpaired) electrons. The molecule has 2 aliphatic heterocycles. The Hall–Kier alpha value is -4.12. The topological polar surface area (TPSA) is 116 Å². The van der Waals surface area contributed by atoms with E-state index in [1.54, 1.807) is 6.08 Å². The summed E-state index contributed by atoms with van der Waals surface area (Å²) in [4.78, 5) is 57.7. The van der Waals surface area contributed by atoms with Gasteiger partial charge in [0.25, 0.3) is 0 Å². The van der Waals surface area contributed by atoms with Gasteiger partial charge in [0.05, 0.1) is 18.5 Å². The van der Waals surface area contributed by atoms with E-state index in [2.05, 4.69) is 62.4 Å². The van der Waals surface area contributed by atoms with Gasteiger partial charge in [-0.3, -0.25) is 21.0 Å². The van der Waals surface area contributed by atoms with Crippen LogP contribution in [0.4, 0.5) is 0 Å². The molecular weight excluding hydrogens is 833 g/mol. The summed E-state index contributed by atoms with van der Waals surface area (Å²) in [5.74, 6) is -0.628. The number of rotatable bonds is 20. The van der Waals surface area contributed by atoms with Crippen molar-refractivity contribution in [3.05, 3.63) is 104 Å². The number of Topliss-reactive ketones (excluding diaryl/α,β-unsaturated/α-hetero) is 1. The van der Waals surface area contributed by atoms with Crippen LogP contribution in [0.25, 0.3) is 29.9 Å². The van der Waals surface area contributed by atoms with Crippen molar-refractivity contribution in [2.24, 2.45) is 35.5 Å². The fraction of sp³-hybridized carbons (Fsp3) is 0.536. The molecule has 1 N–H and O–H groups in total. The van der Waals surface area contributed by atoms with E-state index in [1.807, 2.05) is 38.2 Å². The molecule has 1 unspecified atom stereocenters. The molecule has 6 rings (SSSR count). The minimum Gasteiger partial charge on any atom is -0.674 e. The normalized spacial score (nSPS) is 22.8. The number of carbonyl (C=O) groups is 3. The molecule has 66 heavy (non-hydrogen) atoms. The fourth-order valence-electron chi connectivity index (χ4n) is 10.6. The molecule has 8 bridgehead atoms. The number of ether oxygens (including phenoxy) is 2. The maximum Gasteiger partial charge on any atom is 2.00 e. The Morgan fingerprint density at radius 3 is 2.14 bits per heavy atom. The molecule has 0 spiro atoms. The first-order valence-corrected chi connectivity index (χ1v) is 24.3. The summed E-state index contributed by atoms with van der Waals surface area (Å²) >= 11 is 0. The molecule has 6 atom stereocenters. The molecule has 0 saturated carbocycles. The second-order valence-corrected chi connectivity index (χ2v) is 19.8. The van der Waals surface area contributed by atoms with Crippen molar-refractivity contribution in [2.45, 2.75) is 146 Å². The van der Waals surface area contributed by atoms with E-state index in [1.165, 1.54) is 57.6 Å². The van der Waals surface area contributed by atoms with E-state index < -0.39 is 11.9 Å². The zero-order chi connectivity index (χ0) is 47.3. The van der Waals surface area contributed by atoms with Gasteiger partial charge in [-0.2, -0.15) is 5.56 Å². The maximum absolute atomic E-state index is 14.5. The Kier molecular flexibility index (Phi) is 18.6. The van der Waals surface area contributed by atoms with Gasteiger partial charge in [0, 0.05) is 29.4 Å². The third-order valence-electron chi connectivity index (χ3n) is 14.7. The number of carbonyl (C=O) groups excluding carboxylic acids is 3. The van der Waals surface area contributed by atoms with Gasteiger partial charge in [-0.15, -0.1) is 46.5 Å². The van der Waals surface area contributed by atoms with Crippen LogP contribution in [0.15, 0.2) is 23.0 Å². The SMILES string of the molecule is [CH-]=Cc1c2[n-]c(c1C)/C=C1/[C@@H](C)[C@H](CCC(=O)OC/C=C(\C)CCC[C@H](C)CCC[C@H](C)CCCC(C)C)/C(=C3/c4[n-]c(c(C)c4C(=O)[C@@H]3C(=O)OC)/C=c3\[n-]/c(c(C)c3CC)=C\2)[NH+]1[CH2-].[Mg+2]. The van der Waals surface area contributed by atoms with E-state index >= 15 is 0 Å².